The van der Waals surface area contributed by atoms with Crippen LogP contribution in [0.3, 0.4) is 0 Å². The quantitative estimate of drug-likeness (QED) is 0.358. The molecule has 0 bridgehead atoms. The fraction of sp³-hybridized carbons (Fsp3) is 0.429. The van der Waals surface area contributed by atoms with E-state index in [0.29, 0.717) is 17.2 Å². The molecule has 2 rings (SSSR count). The van der Waals surface area contributed by atoms with Crippen LogP contribution in [-0.4, -0.2) is 23.4 Å². The summed E-state index contributed by atoms with van der Waals surface area (Å²) >= 11 is 7.00. The molecule has 0 saturated carbocycles. The lowest BCUT2D eigenvalue weighted by Gasteiger charge is -2.34. The van der Waals surface area contributed by atoms with Crippen LogP contribution >= 0.6 is 31.9 Å². The lowest BCUT2D eigenvalue weighted by Crippen LogP contribution is -2.51. The number of rotatable bonds is 11. The summed E-state index contributed by atoms with van der Waals surface area (Å²) in [5.74, 6) is 0.659. The number of benzene rings is 2. The number of halogens is 2. The molecular formula is C21H28Br2N2O2S. The van der Waals surface area contributed by atoms with Crippen molar-refractivity contribution in [1.82, 2.24) is 4.72 Å². The second kappa shape index (κ2) is 11.3. The zero-order valence-corrected chi connectivity index (χ0v) is 20.5. The van der Waals surface area contributed by atoms with Crippen molar-refractivity contribution in [3.8, 4) is 5.75 Å². The molecule has 0 radical (unpaired) electrons. The van der Waals surface area contributed by atoms with Gasteiger partial charge in [0, 0.05) is 22.2 Å². The van der Waals surface area contributed by atoms with Gasteiger partial charge in [-0.2, -0.15) is 0 Å². The third-order valence-corrected chi connectivity index (χ3v) is 7.70. The van der Waals surface area contributed by atoms with E-state index in [9.17, 15) is 4.21 Å². The molecule has 154 valence electrons. The SMILES string of the molecule is CCCCC(CC)(CNc1ccccc1)NS(=O)c1cc(OC)c(Br)cc1Br. The molecule has 2 atom stereocenters. The Kier molecular flexibility index (Phi) is 9.47. The van der Waals surface area contributed by atoms with Gasteiger partial charge in [-0.25, -0.2) is 8.93 Å². The lowest BCUT2D eigenvalue weighted by atomic mass is 9.90. The predicted octanol–water partition coefficient (Wildman–Crippen LogP) is 6.28. The molecule has 28 heavy (non-hydrogen) atoms. The van der Waals surface area contributed by atoms with Crippen molar-refractivity contribution in [3.05, 3.63) is 51.4 Å². The van der Waals surface area contributed by atoms with Gasteiger partial charge in [-0.15, -0.1) is 0 Å². The van der Waals surface area contributed by atoms with Crippen LogP contribution in [-0.2, 0) is 11.0 Å². The molecule has 7 heteroatoms. The van der Waals surface area contributed by atoms with Crippen LogP contribution < -0.4 is 14.8 Å². The first-order chi connectivity index (χ1) is 13.4. The zero-order chi connectivity index (χ0) is 20.6. The largest absolute Gasteiger partial charge is 0.496 e. The highest BCUT2D eigenvalue weighted by molar-refractivity contribution is 9.11. The van der Waals surface area contributed by atoms with Gasteiger partial charge in [0.2, 0.25) is 0 Å². The van der Waals surface area contributed by atoms with Gasteiger partial charge in [0.1, 0.15) is 16.7 Å². The third kappa shape index (κ3) is 6.31. The number of nitrogens with one attached hydrogen (secondary N) is 2. The molecule has 0 amide bonds. The van der Waals surface area contributed by atoms with E-state index in [2.05, 4.69) is 55.7 Å². The molecule has 0 aliphatic heterocycles. The van der Waals surface area contributed by atoms with Gasteiger partial charge >= 0.3 is 0 Å². The van der Waals surface area contributed by atoms with E-state index in [4.69, 9.17) is 4.74 Å². The van der Waals surface area contributed by atoms with Crippen LogP contribution in [0, 0.1) is 0 Å². The molecule has 0 aliphatic carbocycles. The van der Waals surface area contributed by atoms with E-state index in [-0.39, 0.29) is 5.54 Å². The number of para-hydroxylation sites is 1. The van der Waals surface area contributed by atoms with Gasteiger partial charge in [-0.05, 0) is 69.0 Å². The molecule has 0 aliphatic rings. The maximum absolute atomic E-state index is 13.3. The number of hydrogen-bond donors (Lipinski definition) is 2. The molecular weight excluding hydrogens is 504 g/mol. The van der Waals surface area contributed by atoms with Crippen molar-refractivity contribution >= 4 is 48.5 Å². The van der Waals surface area contributed by atoms with E-state index in [1.165, 1.54) is 0 Å². The molecule has 2 aromatic carbocycles. The summed E-state index contributed by atoms with van der Waals surface area (Å²) in [6.45, 7) is 5.02. The van der Waals surface area contributed by atoms with Crippen LogP contribution in [0.2, 0.25) is 0 Å². The van der Waals surface area contributed by atoms with Gasteiger partial charge in [-0.3, -0.25) is 0 Å². The van der Waals surface area contributed by atoms with Crippen LogP contribution in [0.4, 0.5) is 5.69 Å². The fourth-order valence-corrected chi connectivity index (χ4v) is 5.82. The van der Waals surface area contributed by atoms with E-state index in [0.717, 1.165) is 40.3 Å². The number of hydrogen-bond acceptors (Lipinski definition) is 3. The highest BCUT2D eigenvalue weighted by Crippen LogP contribution is 2.33. The highest BCUT2D eigenvalue weighted by Gasteiger charge is 2.30. The molecule has 4 nitrogen and oxygen atoms in total. The van der Waals surface area contributed by atoms with Gasteiger partial charge in [-0.1, -0.05) is 44.9 Å². The topological polar surface area (TPSA) is 50.4 Å². The predicted molar refractivity (Wildman–Crippen MR) is 125 cm³/mol. The second-order valence-corrected chi connectivity index (χ2v) is 9.64. The maximum atomic E-state index is 13.3. The van der Waals surface area contributed by atoms with Crippen LogP contribution in [0.1, 0.15) is 39.5 Å². The molecule has 0 saturated heterocycles. The van der Waals surface area contributed by atoms with Crippen molar-refractivity contribution in [2.75, 3.05) is 19.0 Å². The lowest BCUT2D eigenvalue weighted by molar-refractivity contribution is 0.355. The van der Waals surface area contributed by atoms with Crippen LogP contribution in [0.25, 0.3) is 0 Å². The Labute approximate surface area is 187 Å². The van der Waals surface area contributed by atoms with Crippen molar-refractivity contribution in [2.45, 2.75) is 50.0 Å². The minimum absolute atomic E-state index is 0.281. The van der Waals surface area contributed by atoms with Gasteiger partial charge in [0.25, 0.3) is 0 Å². The zero-order valence-electron chi connectivity index (χ0n) is 16.6. The van der Waals surface area contributed by atoms with E-state index < -0.39 is 11.0 Å². The molecule has 0 heterocycles. The number of ether oxygens (including phenoxy) is 1. The average Bonchev–Trinajstić information content (AvgIpc) is 2.71. The molecule has 0 fully saturated rings. The normalized spacial score (nSPS) is 14.3. The van der Waals surface area contributed by atoms with Gasteiger partial charge < -0.3 is 10.1 Å². The van der Waals surface area contributed by atoms with Crippen molar-refractivity contribution in [3.63, 3.8) is 0 Å². The van der Waals surface area contributed by atoms with Gasteiger partial charge in [0.05, 0.1) is 16.5 Å². The first-order valence-electron chi connectivity index (χ1n) is 9.46. The maximum Gasteiger partial charge on any atom is 0.134 e. The molecule has 2 unspecified atom stereocenters. The summed E-state index contributed by atoms with van der Waals surface area (Å²) in [5.41, 5.74) is 0.784. The Morgan fingerprint density at radius 3 is 2.43 bits per heavy atom. The van der Waals surface area contributed by atoms with Gasteiger partial charge in [0.15, 0.2) is 0 Å². The molecule has 0 spiro atoms. The van der Waals surface area contributed by atoms with Crippen LogP contribution in [0.15, 0.2) is 56.3 Å². The minimum Gasteiger partial charge on any atom is -0.496 e. The summed E-state index contributed by atoms with van der Waals surface area (Å²) in [5, 5.41) is 3.51. The fourth-order valence-electron chi connectivity index (χ4n) is 2.95. The Morgan fingerprint density at radius 1 is 1.11 bits per heavy atom. The summed E-state index contributed by atoms with van der Waals surface area (Å²) in [4.78, 5) is 0.675. The molecule has 2 N–H and O–H groups in total. The van der Waals surface area contributed by atoms with Crippen molar-refractivity contribution in [2.24, 2.45) is 0 Å². The summed E-state index contributed by atoms with van der Waals surface area (Å²) < 4.78 is 23.7. The Morgan fingerprint density at radius 2 is 1.82 bits per heavy atom. The Balaban J connectivity index is 2.24. The summed E-state index contributed by atoms with van der Waals surface area (Å²) in [6, 6.07) is 13.8. The first kappa shape index (κ1) is 23.4. The van der Waals surface area contributed by atoms with E-state index >= 15 is 0 Å². The standard InChI is InChI=1S/C21H28Br2N2O2S/c1-4-6-12-21(5-2,15-24-16-10-8-7-9-11-16)25-28(26)20-14-19(27-3)17(22)13-18(20)23/h7-11,13-14,24-25H,4-6,12,15H2,1-3H3. The molecule has 2 aromatic rings. The average molecular weight is 532 g/mol. The number of unbranched alkanes of at least 4 members (excludes halogenated alkanes) is 1. The second-order valence-electron chi connectivity index (χ2n) is 6.74. The number of anilines is 1. The Hall–Kier alpha value is -0.890. The first-order valence-corrected chi connectivity index (χ1v) is 12.2. The summed E-state index contributed by atoms with van der Waals surface area (Å²) in [7, 11) is 0.223. The minimum atomic E-state index is -1.38. The smallest absolute Gasteiger partial charge is 0.134 e. The Bertz CT molecular complexity index is 789. The molecule has 0 aromatic heterocycles. The van der Waals surface area contributed by atoms with Crippen LogP contribution in [0.5, 0.6) is 5.75 Å². The highest BCUT2D eigenvalue weighted by atomic mass is 79.9. The van der Waals surface area contributed by atoms with E-state index in [1.54, 1.807) is 7.11 Å². The number of methoxy groups -OCH3 is 1. The van der Waals surface area contributed by atoms with E-state index in [1.807, 2.05) is 42.5 Å². The van der Waals surface area contributed by atoms with Crippen molar-refractivity contribution < 1.29 is 8.95 Å². The third-order valence-electron chi connectivity index (χ3n) is 4.81. The van der Waals surface area contributed by atoms with Crippen molar-refractivity contribution in [1.29, 1.82) is 0 Å². The monoisotopic (exact) mass is 530 g/mol. The summed E-state index contributed by atoms with van der Waals surface area (Å²) in [6.07, 6.45) is 3.97.